The van der Waals surface area contributed by atoms with Crippen molar-refractivity contribution < 1.29 is 9.90 Å². The number of pyridine rings is 1. The zero-order valence-corrected chi connectivity index (χ0v) is 11.6. The molecule has 3 nitrogen and oxygen atoms in total. The molecule has 16 heavy (non-hydrogen) atoms. The number of carboxylic acids is 1. The van der Waals surface area contributed by atoms with E-state index < -0.39 is 5.97 Å². The lowest BCUT2D eigenvalue weighted by Gasteiger charge is -2.15. The molecule has 0 saturated carbocycles. The lowest BCUT2D eigenvalue weighted by molar-refractivity contribution is -0.137. The molecule has 1 unspecified atom stereocenters. The molecule has 0 aliphatic carbocycles. The molecule has 1 atom stereocenters. The van der Waals surface area contributed by atoms with E-state index in [1.807, 2.05) is 26.0 Å². The van der Waals surface area contributed by atoms with Gasteiger partial charge < -0.3 is 5.11 Å². The van der Waals surface area contributed by atoms with Gasteiger partial charge in [-0.3, -0.25) is 9.78 Å². The third kappa shape index (κ3) is 4.14. The summed E-state index contributed by atoms with van der Waals surface area (Å²) in [6.45, 7) is 3.83. The van der Waals surface area contributed by atoms with Gasteiger partial charge in [-0.2, -0.15) is 0 Å². The van der Waals surface area contributed by atoms with Gasteiger partial charge in [0.1, 0.15) is 5.25 Å². The summed E-state index contributed by atoms with van der Waals surface area (Å²) in [7, 11) is 0. The van der Waals surface area contributed by atoms with Crippen molar-refractivity contribution in [3.05, 3.63) is 28.5 Å². The molecular weight excluding hydrogens is 290 g/mol. The molecular formula is C11H14BrNO2S. The van der Waals surface area contributed by atoms with Gasteiger partial charge in [0, 0.05) is 16.4 Å². The van der Waals surface area contributed by atoms with E-state index in [9.17, 15) is 4.79 Å². The van der Waals surface area contributed by atoms with Crippen molar-refractivity contribution in [3.63, 3.8) is 0 Å². The highest BCUT2D eigenvalue weighted by Crippen LogP contribution is 2.23. The molecule has 0 aromatic carbocycles. The molecule has 88 valence electrons. The zero-order valence-electron chi connectivity index (χ0n) is 9.18. The second-order valence-corrected chi connectivity index (χ2v) is 5.83. The van der Waals surface area contributed by atoms with Crippen molar-refractivity contribution in [1.29, 1.82) is 0 Å². The lowest BCUT2D eigenvalue weighted by Crippen LogP contribution is -2.22. The van der Waals surface area contributed by atoms with Gasteiger partial charge in [0.2, 0.25) is 0 Å². The van der Waals surface area contributed by atoms with Crippen LogP contribution in [0, 0.1) is 5.92 Å². The first-order valence-electron chi connectivity index (χ1n) is 4.95. The van der Waals surface area contributed by atoms with Crippen molar-refractivity contribution in [2.75, 3.05) is 0 Å². The number of rotatable bonds is 5. The van der Waals surface area contributed by atoms with Crippen LogP contribution >= 0.6 is 27.7 Å². The number of thioether (sulfide) groups is 1. The Balaban J connectivity index is 2.55. The third-order valence-corrected chi connectivity index (χ3v) is 4.08. The van der Waals surface area contributed by atoms with Crippen LogP contribution in [0.3, 0.4) is 0 Å². The van der Waals surface area contributed by atoms with E-state index in [4.69, 9.17) is 5.11 Å². The highest BCUT2D eigenvalue weighted by Gasteiger charge is 2.21. The Morgan fingerprint density at radius 3 is 2.69 bits per heavy atom. The molecule has 1 aromatic rings. The van der Waals surface area contributed by atoms with Gasteiger partial charge in [0.25, 0.3) is 0 Å². The number of aliphatic carboxylic acids is 1. The van der Waals surface area contributed by atoms with Gasteiger partial charge in [-0.05, 0) is 34.0 Å². The standard InChI is InChI=1S/C11H14BrNO2S/c1-7(2)10(11(14)15)16-6-9-4-3-8(12)5-13-9/h3-5,7,10H,6H2,1-2H3,(H,14,15). The fourth-order valence-electron chi connectivity index (χ4n) is 1.22. The predicted octanol–water partition coefficient (Wildman–Crippen LogP) is 3.19. The van der Waals surface area contributed by atoms with Crippen molar-refractivity contribution in [1.82, 2.24) is 4.98 Å². The first-order chi connectivity index (χ1) is 7.50. The molecule has 0 radical (unpaired) electrons. The van der Waals surface area contributed by atoms with E-state index in [0.717, 1.165) is 10.2 Å². The summed E-state index contributed by atoms with van der Waals surface area (Å²) in [5, 5.41) is 8.65. The van der Waals surface area contributed by atoms with Gasteiger partial charge in [-0.1, -0.05) is 13.8 Å². The van der Waals surface area contributed by atoms with E-state index >= 15 is 0 Å². The number of nitrogens with zero attached hydrogens (tertiary/aromatic N) is 1. The topological polar surface area (TPSA) is 50.2 Å². The normalized spacial score (nSPS) is 12.8. The summed E-state index contributed by atoms with van der Waals surface area (Å²) < 4.78 is 0.930. The monoisotopic (exact) mass is 303 g/mol. The number of aromatic nitrogens is 1. The first-order valence-corrected chi connectivity index (χ1v) is 6.79. The smallest absolute Gasteiger partial charge is 0.316 e. The average Bonchev–Trinajstić information content (AvgIpc) is 2.20. The SMILES string of the molecule is CC(C)C(SCc1ccc(Br)cn1)C(=O)O. The van der Waals surface area contributed by atoms with Gasteiger partial charge >= 0.3 is 5.97 Å². The van der Waals surface area contributed by atoms with Gasteiger partial charge in [0.05, 0.1) is 5.69 Å². The summed E-state index contributed by atoms with van der Waals surface area (Å²) >= 11 is 4.73. The van der Waals surface area contributed by atoms with Crippen molar-refractivity contribution in [3.8, 4) is 0 Å². The quantitative estimate of drug-likeness (QED) is 0.907. The Morgan fingerprint density at radius 2 is 2.25 bits per heavy atom. The van der Waals surface area contributed by atoms with E-state index in [2.05, 4.69) is 20.9 Å². The number of carbonyl (C=O) groups is 1. The van der Waals surface area contributed by atoms with Crippen LogP contribution in [-0.2, 0) is 10.5 Å². The Bertz CT molecular complexity index is 354. The molecule has 0 aliphatic heterocycles. The Kier molecular flexibility index (Phi) is 5.28. The lowest BCUT2D eigenvalue weighted by atomic mass is 10.1. The van der Waals surface area contributed by atoms with Crippen LogP contribution in [0.25, 0.3) is 0 Å². The predicted molar refractivity (Wildman–Crippen MR) is 69.5 cm³/mol. The Labute approximate surface area is 108 Å². The van der Waals surface area contributed by atoms with E-state index in [-0.39, 0.29) is 11.2 Å². The van der Waals surface area contributed by atoms with E-state index in [1.165, 1.54) is 11.8 Å². The van der Waals surface area contributed by atoms with Gasteiger partial charge in [0.15, 0.2) is 0 Å². The maximum absolute atomic E-state index is 11.0. The Morgan fingerprint density at radius 1 is 1.56 bits per heavy atom. The highest BCUT2D eigenvalue weighted by molar-refractivity contribution is 9.10. The number of hydrogen-bond acceptors (Lipinski definition) is 3. The van der Waals surface area contributed by atoms with Crippen LogP contribution < -0.4 is 0 Å². The van der Waals surface area contributed by atoms with Crippen LogP contribution in [0.5, 0.6) is 0 Å². The molecule has 0 bridgehead atoms. The van der Waals surface area contributed by atoms with Crippen LogP contribution in [0.1, 0.15) is 19.5 Å². The molecule has 0 aliphatic rings. The van der Waals surface area contributed by atoms with Crippen molar-refractivity contribution in [2.24, 2.45) is 5.92 Å². The molecule has 1 N–H and O–H groups in total. The largest absolute Gasteiger partial charge is 0.480 e. The third-order valence-electron chi connectivity index (χ3n) is 2.05. The average molecular weight is 304 g/mol. The molecule has 0 fully saturated rings. The second-order valence-electron chi connectivity index (χ2n) is 3.78. The summed E-state index contributed by atoms with van der Waals surface area (Å²) in [4.78, 5) is 15.2. The van der Waals surface area contributed by atoms with Crippen LogP contribution in [0.4, 0.5) is 0 Å². The first kappa shape index (κ1) is 13.5. The molecule has 5 heteroatoms. The minimum atomic E-state index is -0.753. The molecule has 1 rings (SSSR count). The van der Waals surface area contributed by atoms with Gasteiger partial charge in [-0.15, -0.1) is 11.8 Å². The molecule has 1 heterocycles. The Hall–Kier alpha value is -0.550. The summed E-state index contributed by atoms with van der Waals surface area (Å²) in [5.41, 5.74) is 0.903. The fraction of sp³-hybridized carbons (Fsp3) is 0.455. The number of hydrogen-bond donors (Lipinski definition) is 1. The highest BCUT2D eigenvalue weighted by atomic mass is 79.9. The van der Waals surface area contributed by atoms with Crippen LogP contribution in [0.2, 0.25) is 0 Å². The van der Waals surface area contributed by atoms with Crippen molar-refractivity contribution >= 4 is 33.7 Å². The maximum Gasteiger partial charge on any atom is 0.316 e. The van der Waals surface area contributed by atoms with E-state index in [0.29, 0.717) is 5.75 Å². The number of halogens is 1. The minimum absolute atomic E-state index is 0.123. The summed E-state index contributed by atoms with van der Waals surface area (Å²) in [6, 6.07) is 3.81. The van der Waals surface area contributed by atoms with Gasteiger partial charge in [-0.25, -0.2) is 0 Å². The maximum atomic E-state index is 11.0. The molecule has 0 spiro atoms. The number of carboxylic acid groups (broad SMARTS) is 1. The molecule has 1 aromatic heterocycles. The fourth-order valence-corrected chi connectivity index (χ4v) is 2.50. The van der Waals surface area contributed by atoms with E-state index in [1.54, 1.807) is 6.20 Å². The van der Waals surface area contributed by atoms with Crippen molar-refractivity contribution in [2.45, 2.75) is 24.9 Å². The summed E-state index contributed by atoms with van der Waals surface area (Å²) in [5.74, 6) is -0.00217. The summed E-state index contributed by atoms with van der Waals surface area (Å²) in [6.07, 6.45) is 1.72. The second kappa shape index (κ2) is 6.25. The zero-order chi connectivity index (χ0) is 12.1. The van der Waals surface area contributed by atoms with Crippen LogP contribution in [0.15, 0.2) is 22.8 Å². The minimum Gasteiger partial charge on any atom is -0.480 e. The molecule has 0 amide bonds. The van der Waals surface area contributed by atoms with Crippen LogP contribution in [-0.4, -0.2) is 21.3 Å². The molecule has 0 saturated heterocycles.